The molecule has 0 spiro atoms. The summed E-state index contributed by atoms with van der Waals surface area (Å²) in [5.74, 6) is -0.228. The average molecular weight is 496 g/mol. The van der Waals surface area contributed by atoms with E-state index >= 15 is 4.39 Å². The molecule has 0 aliphatic carbocycles. The zero-order valence-corrected chi connectivity index (χ0v) is 20.4. The third-order valence-electron chi connectivity index (χ3n) is 6.06. The van der Waals surface area contributed by atoms with E-state index in [0.717, 1.165) is 40.7 Å². The summed E-state index contributed by atoms with van der Waals surface area (Å²) in [5, 5.41) is 15.0. The number of aromatic nitrogens is 3. The molecule has 0 bridgehead atoms. The van der Waals surface area contributed by atoms with Crippen molar-refractivity contribution in [2.75, 3.05) is 18.0 Å². The Kier molecular flexibility index (Phi) is 6.29. The largest absolute Gasteiger partial charge is 0.315 e. The fraction of sp³-hybridized carbons (Fsp3) is 0.280. The minimum absolute atomic E-state index is 0.108. The van der Waals surface area contributed by atoms with Gasteiger partial charge in [0, 0.05) is 34.3 Å². The van der Waals surface area contributed by atoms with Gasteiger partial charge in [0.25, 0.3) is 5.91 Å². The van der Waals surface area contributed by atoms with Gasteiger partial charge in [-0.2, -0.15) is 0 Å². The van der Waals surface area contributed by atoms with Crippen molar-refractivity contribution in [2.45, 2.75) is 32.7 Å². The molecule has 1 N–H and O–H groups in total. The second-order valence-electron chi connectivity index (χ2n) is 8.45. The van der Waals surface area contributed by atoms with Crippen molar-refractivity contribution in [3.63, 3.8) is 0 Å². The molecular formula is C25H23ClFN5OS. The predicted molar refractivity (Wildman–Crippen MR) is 134 cm³/mol. The minimum Gasteiger partial charge on any atom is -0.315 e. The molecule has 1 amide bonds. The zero-order valence-electron chi connectivity index (χ0n) is 18.8. The number of nitrogens with zero attached hydrogens (tertiary/aromatic N) is 4. The number of amides is 1. The van der Waals surface area contributed by atoms with Crippen LogP contribution >= 0.6 is 22.9 Å². The standard InChI is InChI=1S/C25H23ClFN5OS/c1-14-10-18(26)11-16-7-9-29-23(22(14)16)32(19-4-3-8-28-13-19)25(33)17-5-6-20(21(27)12-17)24-31-30-15(2)34-24/h5-7,9-12,19,28H,3-4,8,13H2,1-2H3. The molecule has 1 atom stereocenters. The molecule has 5 rings (SSSR count). The number of anilines is 1. The van der Waals surface area contributed by atoms with Gasteiger partial charge in [0.05, 0.1) is 6.04 Å². The maximum Gasteiger partial charge on any atom is 0.259 e. The summed E-state index contributed by atoms with van der Waals surface area (Å²) >= 11 is 7.60. The molecule has 174 valence electrons. The normalized spacial score (nSPS) is 16.1. The first-order valence-electron chi connectivity index (χ1n) is 11.1. The highest BCUT2D eigenvalue weighted by Crippen LogP contribution is 2.34. The number of aryl methyl sites for hydroxylation is 2. The molecule has 1 aliphatic rings. The number of pyridine rings is 1. The number of piperidine rings is 1. The smallest absolute Gasteiger partial charge is 0.259 e. The summed E-state index contributed by atoms with van der Waals surface area (Å²) in [7, 11) is 0. The van der Waals surface area contributed by atoms with Crippen LogP contribution in [0.4, 0.5) is 10.2 Å². The van der Waals surface area contributed by atoms with Gasteiger partial charge < -0.3 is 5.32 Å². The average Bonchev–Trinajstić information content (AvgIpc) is 3.25. The van der Waals surface area contributed by atoms with Gasteiger partial charge in [-0.1, -0.05) is 22.9 Å². The number of hydrogen-bond acceptors (Lipinski definition) is 6. The summed E-state index contributed by atoms with van der Waals surface area (Å²) in [6.07, 6.45) is 3.45. The Balaban J connectivity index is 1.61. The van der Waals surface area contributed by atoms with Crippen molar-refractivity contribution in [3.05, 3.63) is 69.6 Å². The molecule has 0 saturated carbocycles. The summed E-state index contributed by atoms with van der Waals surface area (Å²) in [6.45, 7) is 5.32. The monoisotopic (exact) mass is 495 g/mol. The van der Waals surface area contributed by atoms with E-state index in [1.165, 1.54) is 17.4 Å². The molecule has 34 heavy (non-hydrogen) atoms. The topological polar surface area (TPSA) is 71.0 Å². The van der Waals surface area contributed by atoms with Crippen LogP contribution in [0.25, 0.3) is 21.3 Å². The number of hydrogen-bond donors (Lipinski definition) is 1. The molecule has 2 aromatic heterocycles. The van der Waals surface area contributed by atoms with E-state index in [-0.39, 0.29) is 17.5 Å². The number of rotatable bonds is 4. The van der Waals surface area contributed by atoms with E-state index in [1.807, 2.05) is 32.0 Å². The highest BCUT2D eigenvalue weighted by atomic mass is 35.5. The zero-order chi connectivity index (χ0) is 23.8. The van der Waals surface area contributed by atoms with E-state index < -0.39 is 5.82 Å². The molecule has 1 saturated heterocycles. The second-order valence-corrected chi connectivity index (χ2v) is 10.1. The van der Waals surface area contributed by atoms with E-state index in [2.05, 4.69) is 20.5 Å². The Labute approximate surface area is 205 Å². The fourth-order valence-corrected chi connectivity index (χ4v) is 5.50. The SMILES string of the molecule is Cc1nnc(-c2ccc(C(=O)N(c3nccc4cc(Cl)cc(C)c34)C3CCCNC3)cc2F)s1. The molecule has 4 aromatic rings. The first-order chi connectivity index (χ1) is 16.4. The molecular weight excluding hydrogens is 473 g/mol. The van der Waals surface area contributed by atoms with E-state index in [1.54, 1.807) is 23.2 Å². The Morgan fingerprint density at radius 1 is 1.21 bits per heavy atom. The first-order valence-corrected chi connectivity index (χ1v) is 12.3. The third-order valence-corrected chi connectivity index (χ3v) is 7.15. The van der Waals surface area contributed by atoms with Crippen molar-refractivity contribution >= 4 is 45.4 Å². The van der Waals surface area contributed by atoms with Gasteiger partial charge in [0.15, 0.2) is 5.01 Å². The van der Waals surface area contributed by atoms with Crippen LogP contribution in [0.2, 0.25) is 5.02 Å². The van der Waals surface area contributed by atoms with Gasteiger partial charge in [-0.15, -0.1) is 10.2 Å². The highest BCUT2D eigenvalue weighted by Gasteiger charge is 2.31. The number of carbonyl (C=O) groups is 1. The Morgan fingerprint density at radius 3 is 2.76 bits per heavy atom. The molecule has 1 fully saturated rings. The molecule has 3 heterocycles. The summed E-state index contributed by atoms with van der Waals surface area (Å²) < 4.78 is 15.1. The number of benzene rings is 2. The van der Waals surface area contributed by atoms with Crippen LogP contribution in [0.15, 0.2) is 42.6 Å². The van der Waals surface area contributed by atoms with E-state index in [9.17, 15) is 4.79 Å². The highest BCUT2D eigenvalue weighted by molar-refractivity contribution is 7.14. The lowest BCUT2D eigenvalue weighted by atomic mass is 10.0. The lowest BCUT2D eigenvalue weighted by Gasteiger charge is -2.35. The summed E-state index contributed by atoms with van der Waals surface area (Å²) in [6, 6.07) is 10.1. The van der Waals surface area contributed by atoms with Gasteiger partial charge in [-0.25, -0.2) is 9.37 Å². The predicted octanol–water partition coefficient (Wildman–Crippen LogP) is 5.56. The van der Waals surface area contributed by atoms with Gasteiger partial charge in [-0.3, -0.25) is 9.69 Å². The van der Waals surface area contributed by atoms with Crippen LogP contribution in [0.5, 0.6) is 0 Å². The number of carbonyl (C=O) groups excluding carboxylic acids is 1. The molecule has 2 aromatic carbocycles. The van der Waals surface area contributed by atoms with Crippen LogP contribution in [-0.2, 0) is 0 Å². The first kappa shape index (κ1) is 22.8. The number of halogens is 2. The van der Waals surface area contributed by atoms with Gasteiger partial charge >= 0.3 is 0 Å². The lowest BCUT2D eigenvalue weighted by molar-refractivity contribution is 0.0971. The molecule has 6 nitrogen and oxygen atoms in total. The Hall–Kier alpha value is -2.94. The van der Waals surface area contributed by atoms with Crippen molar-refractivity contribution < 1.29 is 9.18 Å². The van der Waals surface area contributed by atoms with Crippen LogP contribution < -0.4 is 10.2 Å². The van der Waals surface area contributed by atoms with Gasteiger partial charge in [-0.05, 0) is 80.6 Å². The van der Waals surface area contributed by atoms with Crippen LogP contribution in [0.3, 0.4) is 0 Å². The van der Waals surface area contributed by atoms with Gasteiger partial charge in [0.2, 0.25) is 0 Å². The van der Waals surface area contributed by atoms with Crippen molar-refractivity contribution in [1.29, 1.82) is 0 Å². The number of fused-ring (bicyclic) bond motifs is 1. The van der Waals surface area contributed by atoms with Crippen molar-refractivity contribution in [3.8, 4) is 10.6 Å². The molecule has 9 heteroatoms. The summed E-state index contributed by atoms with van der Waals surface area (Å²) in [4.78, 5) is 20.3. The summed E-state index contributed by atoms with van der Waals surface area (Å²) in [5.41, 5.74) is 1.53. The van der Waals surface area contributed by atoms with Gasteiger partial charge in [0.1, 0.15) is 16.6 Å². The maximum absolute atomic E-state index is 15.1. The maximum atomic E-state index is 15.1. The molecule has 1 aliphatic heterocycles. The number of nitrogens with one attached hydrogen (secondary N) is 1. The van der Waals surface area contributed by atoms with Crippen molar-refractivity contribution in [1.82, 2.24) is 20.5 Å². The lowest BCUT2D eigenvalue weighted by Crippen LogP contribution is -2.49. The van der Waals surface area contributed by atoms with Crippen LogP contribution in [0, 0.1) is 19.7 Å². The fourth-order valence-electron chi connectivity index (χ4n) is 4.50. The quantitative estimate of drug-likeness (QED) is 0.401. The minimum atomic E-state index is -0.502. The molecule has 1 unspecified atom stereocenters. The molecule has 0 radical (unpaired) electrons. The second kappa shape index (κ2) is 9.37. The van der Waals surface area contributed by atoms with E-state index in [4.69, 9.17) is 11.6 Å². The Morgan fingerprint density at radius 2 is 2.06 bits per heavy atom. The van der Waals surface area contributed by atoms with E-state index in [0.29, 0.717) is 28.0 Å². The van der Waals surface area contributed by atoms with Crippen LogP contribution in [-0.4, -0.2) is 40.2 Å². The Bertz CT molecular complexity index is 1390. The van der Waals surface area contributed by atoms with Crippen molar-refractivity contribution in [2.24, 2.45) is 0 Å². The van der Waals surface area contributed by atoms with Crippen LogP contribution in [0.1, 0.15) is 33.8 Å². The third kappa shape index (κ3) is 4.29.